The fourth-order valence-electron chi connectivity index (χ4n) is 2.24. The van der Waals surface area contributed by atoms with E-state index in [0.29, 0.717) is 5.69 Å². The van der Waals surface area contributed by atoms with E-state index in [1.165, 1.54) is 0 Å². The van der Waals surface area contributed by atoms with E-state index >= 15 is 0 Å². The van der Waals surface area contributed by atoms with Crippen LogP contribution in [-0.4, -0.2) is 13.4 Å². The first kappa shape index (κ1) is 15.2. The Morgan fingerprint density at radius 3 is 2.26 bits per heavy atom. The molecule has 3 rings (SSSR count). The maximum absolute atomic E-state index is 12.6. The van der Waals surface area contributed by atoms with Crippen LogP contribution in [0.4, 0.5) is 5.69 Å². The fourth-order valence-corrected chi connectivity index (χ4v) is 3.32. The Labute approximate surface area is 135 Å². The predicted molar refractivity (Wildman–Crippen MR) is 91.7 cm³/mol. The van der Waals surface area contributed by atoms with Crippen LogP contribution < -0.4 is 4.72 Å². The average molecular weight is 324 g/mol. The standard InChI is InChI=1S/C18H16N2O2S/c1-14-9-11-15(12-10-14)23(21,22)20-18-8-3-2-6-16(18)17-7-4-5-13-19-17/h2-13,20H,1H3. The number of benzene rings is 2. The van der Waals surface area contributed by atoms with Crippen LogP contribution in [0.1, 0.15) is 5.56 Å². The van der Waals surface area contributed by atoms with E-state index in [1.54, 1.807) is 42.6 Å². The summed E-state index contributed by atoms with van der Waals surface area (Å²) in [7, 11) is -3.64. The van der Waals surface area contributed by atoms with E-state index in [-0.39, 0.29) is 4.90 Å². The maximum atomic E-state index is 12.6. The lowest BCUT2D eigenvalue weighted by Crippen LogP contribution is -2.13. The van der Waals surface area contributed by atoms with Crippen molar-refractivity contribution in [2.24, 2.45) is 0 Å². The van der Waals surface area contributed by atoms with Crippen molar-refractivity contribution in [2.45, 2.75) is 11.8 Å². The van der Waals surface area contributed by atoms with Crippen LogP contribution in [0.25, 0.3) is 11.3 Å². The number of hydrogen-bond donors (Lipinski definition) is 1. The summed E-state index contributed by atoms with van der Waals surface area (Å²) in [6, 6.07) is 19.5. The number of sulfonamides is 1. The Bertz CT molecular complexity index is 905. The highest BCUT2D eigenvalue weighted by Crippen LogP contribution is 2.28. The van der Waals surface area contributed by atoms with Crippen molar-refractivity contribution < 1.29 is 8.42 Å². The zero-order valence-electron chi connectivity index (χ0n) is 12.6. The normalized spacial score (nSPS) is 11.2. The highest BCUT2D eigenvalue weighted by Gasteiger charge is 2.16. The van der Waals surface area contributed by atoms with Gasteiger partial charge < -0.3 is 0 Å². The number of para-hydroxylation sites is 1. The van der Waals surface area contributed by atoms with E-state index < -0.39 is 10.0 Å². The van der Waals surface area contributed by atoms with Gasteiger partial charge in [0.15, 0.2) is 0 Å². The SMILES string of the molecule is Cc1ccc(S(=O)(=O)Nc2ccccc2-c2ccccn2)cc1. The molecule has 0 saturated carbocycles. The van der Waals surface area contributed by atoms with Crippen LogP contribution in [-0.2, 0) is 10.0 Å². The maximum Gasteiger partial charge on any atom is 0.261 e. The van der Waals surface area contributed by atoms with Crippen LogP contribution >= 0.6 is 0 Å². The number of nitrogens with one attached hydrogen (secondary N) is 1. The zero-order valence-corrected chi connectivity index (χ0v) is 13.4. The minimum absolute atomic E-state index is 0.235. The van der Waals surface area contributed by atoms with Crippen LogP contribution in [0.2, 0.25) is 0 Å². The molecule has 1 aromatic heterocycles. The van der Waals surface area contributed by atoms with Crippen LogP contribution in [0.3, 0.4) is 0 Å². The van der Waals surface area contributed by atoms with E-state index in [4.69, 9.17) is 0 Å². The topological polar surface area (TPSA) is 59.1 Å². The molecule has 2 aromatic carbocycles. The second kappa shape index (κ2) is 6.22. The first-order chi connectivity index (χ1) is 11.1. The molecule has 23 heavy (non-hydrogen) atoms. The van der Waals surface area contributed by atoms with E-state index in [2.05, 4.69) is 9.71 Å². The third kappa shape index (κ3) is 3.40. The average Bonchev–Trinajstić information content (AvgIpc) is 2.56. The van der Waals surface area contributed by atoms with Gasteiger partial charge in [-0.3, -0.25) is 9.71 Å². The van der Waals surface area contributed by atoms with Gasteiger partial charge >= 0.3 is 0 Å². The van der Waals surface area contributed by atoms with Crippen molar-refractivity contribution in [3.05, 3.63) is 78.5 Å². The number of rotatable bonds is 4. The van der Waals surface area contributed by atoms with Crippen LogP contribution in [0.5, 0.6) is 0 Å². The lowest BCUT2D eigenvalue weighted by Gasteiger charge is -2.12. The molecule has 116 valence electrons. The van der Waals surface area contributed by atoms with Crippen LogP contribution in [0.15, 0.2) is 77.8 Å². The summed E-state index contributed by atoms with van der Waals surface area (Å²) in [5.74, 6) is 0. The van der Waals surface area contributed by atoms with Gasteiger partial charge in [-0.1, -0.05) is 42.0 Å². The third-order valence-electron chi connectivity index (χ3n) is 3.44. The van der Waals surface area contributed by atoms with Gasteiger partial charge in [0.05, 0.1) is 16.3 Å². The molecule has 0 radical (unpaired) electrons. The molecule has 0 amide bonds. The Balaban J connectivity index is 1.99. The summed E-state index contributed by atoms with van der Waals surface area (Å²) >= 11 is 0. The number of pyridine rings is 1. The number of aromatic nitrogens is 1. The lowest BCUT2D eigenvalue weighted by molar-refractivity contribution is 0.601. The Morgan fingerprint density at radius 2 is 1.57 bits per heavy atom. The van der Waals surface area contributed by atoms with E-state index in [1.807, 2.05) is 37.3 Å². The van der Waals surface area contributed by atoms with Gasteiger partial charge in [0.2, 0.25) is 0 Å². The first-order valence-corrected chi connectivity index (χ1v) is 8.64. The van der Waals surface area contributed by atoms with Gasteiger partial charge in [-0.25, -0.2) is 8.42 Å². The largest absolute Gasteiger partial charge is 0.279 e. The molecule has 1 heterocycles. The van der Waals surface area contributed by atoms with Gasteiger partial charge in [0.1, 0.15) is 0 Å². The molecule has 3 aromatic rings. The molecular formula is C18H16N2O2S. The smallest absolute Gasteiger partial charge is 0.261 e. The second-order valence-corrected chi connectivity index (χ2v) is 6.86. The summed E-state index contributed by atoms with van der Waals surface area (Å²) in [5, 5.41) is 0. The molecule has 0 saturated heterocycles. The monoisotopic (exact) mass is 324 g/mol. The minimum atomic E-state index is -3.64. The highest BCUT2D eigenvalue weighted by atomic mass is 32.2. The summed E-state index contributed by atoms with van der Waals surface area (Å²) in [4.78, 5) is 4.52. The molecule has 0 aliphatic heterocycles. The number of nitrogens with zero attached hydrogens (tertiary/aromatic N) is 1. The molecular weight excluding hydrogens is 308 g/mol. The summed E-state index contributed by atoms with van der Waals surface area (Å²) < 4.78 is 27.8. The Hall–Kier alpha value is -2.66. The number of anilines is 1. The third-order valence-corrected chi connectivity index (χ3v) is 4.82. The molecule has 0 aliphatic rings. The first-order valence-electron chi connectivity index (χ1n) is 7.16. The molecule has 0 aliphatic carbocycles. The summed E-state index contributed by atoms with van der Waals surface area (Å²) in [6.07, 6.45) is 1.68. The Morgan fingerprint density at radius 1 is 0.870 bits per heavy atom. The van der Waals surface area contributed by atoms with Crippen molar-refractivity contribution in [3.8, 4) is 11.3 Å². The van der Waals surface area contributed by atoms with Crippen molar-refractivity contribution in [2.75, 3.05) is 4.72 Å². The van der Waals surface area contributed by atoms with Crippen molar-refractivity contribution >= 4 is 15.7 Å². The molecule has 4 nitrogen and oxygen atoms in total. The van der Waals surface area contributed by atoms with E-state index in [0.717, 1.165) is 16.8 Å². The molecule has 0 spiro atoms. The quantitative estimate of drug-likeness (QED) is 0.793. The molecule has 1 N–H and O–H groups in total. The molecule has 0 unspecified atom stereocenters. The predicted octanol–water partition coefficient (Wildman–Crippen LogP) is 3.86. The molecule has 0 bridgehead atoms. The lowest BCUT2D eigenvalue weighted by atomic mass is 10.1. The molecule has 5 heteroatoms. The number of hydrogen-bond acceptors (Lipinski definition) is 3. The number of aryl methyl sites for hydroxylation is 1. The van der Waals surface area contributed by atoms with E-state index in [9.17, 15) is 8.42 Å². The van der Waals surface area contributed by atoms with Gasteiger partial charge in [-0.05, 0) is 37.3 Å². The highest BCUT2D eigenvalue weighted by molar-refractivity contribution is 7.92. The van der Waals surface area contributed by atoms with Crippen molar-refractivity contribution in [3.63, 3.8) is 0 Å². The summed E-state index contributed by atoms with van der Waals surface area (Å²) in [5.41, 5.74) is 2.98. The van der Waals surface area contributed by atoms with Gasteiger partial charge in [-0.2, -0.15) is 0 Å². The molecule has 0 fully saturated rings. The second-order valence-electron chi connectivity index (χ2n) is 5.18. The van der Waals surface area contributed by atoms with Crippen molar-refractivity contribution in [1.82, 2.24) is 4.98 Å². The minimum Gasteiger partial charge on any atom is -0.279 e. The van der Waals surface area contributed by atoms with Gasteiger partial charge in [-0.15, -0.1) is 0 Å². The fraction of sp³-hybridized carbons (Fsp3) is 0.0556. The summed E-state index contributed by atoms with van der Waals surface area (Å²) in [6.45, 7) is 1.92. The van der Waals surface area contributed by atoms with Gasteiger partial charge in [0.25, 0.3) is 10.0 Å². The molecule has 0 atom stereocenters. The van der Waals surface area contributed by atoms with Crippen LogP contribution in [0, 0.1) is 6.92 Å². The van der Waals surface area contributed by atoms with Crippen molar-refractivity contribution in [1.29, 1.82) is 0 Å². The Kier molecular flexibility index (Phi) is 4.12. The zero-order chi connectivity index (χ0) is 16.3. The van der Waals surface area contributed by atoms with Gasteiger partial charge in [0, 0.05) is 11.8 Å².